The molecule has 40 heavy (non-hydrogen) atoms. The van der Waals surface area contributed by atoms with Crippen molar-refractivity contribution in [2.24, 2.45) is 0 Å². The van der Waals surface area contributed by atoms with E-state index in [4.69, 9.17) is 23.2 Å². The predicted molar refractivity (Wildman–Crippen MR) is 149 cm³/mol. The Hall–Kier alpha value is -3.66. The standard InChI is InChI=1S/C29H22Cl2F3N5O/c30-22-8-7-21(23(31)14-22)17-37-9-11-38(12-10-37)28(40)25-16-27-35-24(15-26(29(32,33)34)39(27)36-25)20-6-5-18-3-1-2-4-19(18)13-20/h1-8,13-16H,9-12,17H2. The maximum absolute atomic E-state index is 14.1. The number of hydrogen-bond acceptors (Lipinski definition) is 4. The second kappa shape index (κ2) is 10.4. The number of carbonyl (C=O) groups excluding carboxylic acids is 1. The molecule has 3 aromatic carbocycles. The molecule has 11 heteroatoms. The van der Waals surface area contributed by atoms with Crippen LogP contribution in [0.1, 0.15) is 21.7 Å². The molecule has 0 spiro atoms. The molecule has 0 atom stereocenters. The number of alkyl halides is 3. The molecule has 1 fully saturated rings. The van der Waals surface area contributed by atoms with E-state index < -0.39 is 17.8 Å². The third-order valence-corrected chi connectivity index (χ3v) is 7.64. The summed E-state index contributed by atoms with van der Waals surface area (Å²) in [4.78, 5) is 21.5. The summed E-state index contributed by atoms with van der Waals surface area (Å²) >= 11 is 12.3. The van der Waals surface area contributed by atoms with Crippen molar-refractivity contribution in [2.45, 2.75) is 12.7 Å². The maximum Gasteiger partial charge on any atom is 0.433 e. The summed E-state index contributed by atoms with van der Waals surface area (Å²) in [6.45, 7) is 2.56. The monoisotopic (exact) mass is 583 g/mol. The van der Waals surface area contributed by atoms with Crippen LogP contribution in [0.15, 0.2) is 72.8 Å². The lowest BCUT2D eigenvalue weighted by molar-refractivity contribution is -0.142. The van der Waals surface area contributed by atoms with E-state index in [-0.39, 0.29) is 17.0 Å². The van der Waals surface area contributed by atoms with Crippen molar-refractivity contribution in [1.82, 2.24) is 24.4 Å². The Morgan fingerprint density at radius 1 is 0.875 bits per heavy atom. The highest BCUT2D eigenvalue weighted by molar-refractivity contribution is 6.35. The summed E-state index contributed by atoms with van der Waals surface area (Å²) in [5.41, 5.74) is 0.500. The average molecular weight is 584 g/mol. The van der Waals surface area contributed by atoms with Crippen LogP contribution in [-0.4, -0.2) is 56.5 Å². The van der Waals surface area contributed by atoms with E-state index in [2.05, 4.69) is 15.0 Å². The van der Waals surface area contributed by atoms with Gasteiger partial charge >= 0.3 is 6.18 Å². The minimum atomic E-state index is -4.70. The normalized spacial score (nSPS) is 14.8. The highest BCUT2D eigenvalue weighted by atomic mass is 35.5. The second-order valence-electron chi connectivity index (χ2n) is 9.69. The van der Waals surface area contributed by atoms with Crippen LogP contribution in [-0.2, 0) is 12.7 Å². The summed E-state index contributed by atoms with van der Waals surface area (Å²) < 4.78 is 43.0. The van der Waals surface area contributed by atoms with Crippen LogP contribution in [0, 0.1) is 0 Å². The lowest BCUT2D eigenvalue weighted by Crippen LogP contribution is -2.48. The highest BCUT2D eigenvalue weighted by Gasteiger charge is 2.36. The number of fused-ring (bicyclic) bond motifs is 2. The van der Waals surface area contributed by atoms with E-state index in [0.29, 0.717) is 52.8 Å². The van der Waals surface area contributed by atoms with Crippen LogP contribution in [0.4, 0.5) is 13.2 Å². The van der Waals surface area contributed by atoms with Gasteiger partial charge in [-0.15, -0.1) is 0 Å². The van der Waals surface area contributed by atoms with E-state index in [1.165, 1.54) is 6.07 Å². The molecule has 2 aromatic heterocycles. The number of benzene rings is 3. The zero-order valence-electron chi connectivity index (χ0n) is 21.0. The van der Waals surface area contributed by atoms with Gasteiger partial charge in [0.2, 0.25) is 0 Å². The van der Waals surface area contributed by atoms with E-state index in [1.54, 1.807) is 29.2 Å². The molecule has 3 heterocycles. The number of piperazine rings is 1. The SMILES string of the molecule is O=C(c1cc2nc(-c3ccc4ccccc4c3)cc(C(F)(F)F)n2n1)N1CCN(Cc2ccc(Cl)cc2Cl)CC1. The summed E-state index contributed by atoms with van der Waals surface area (Å²) in [6.07, 6.45) is -4.70. The Morgan fingerprint density at radius 2 is 1.62 bits per heavy atom. The molecule has 1 saturated heterocycles. The van der Waals surface area contributed by atoms with Crippen molar-refractivity contribution in [3.8, 4) is 11.3 Å². The quantitative estimate of drug-likeness (QED) is 0.232. The first-order chi connectivity index (χ1) is 19.2. The van der Waals surface area contributed by atoms with Crippen molar-refractivity contribution >= 4 is 45.5 Å². The topological polar surface area (TPSA) is 53.7 Å². The first kappa shape index (κ1) is 26.6. The van der Waals surface area contributed by atoms with Gasteiger partial charge in [-0.2, -0.15) is 18.3 Å². The Kier molecular flexibility index (Phi) is 6.90. The summed E-state index contributed by atoms with van der Waals surface area (Å²) in [5, 5.41) is 7.04. The van der Waals surface area contributed by atoms with Crippen molar-refractivity contribution in [1.29, 1.82) is 0 Å². The molecule has 1 aliphatic rings. The molecule has 0 bridgehead atoms. The number of aromatic nitrogens is 3. The van der Waals surface area contributed by atoms with Gasteiger partial charge in [0, 0.05) is 54.4 Å². The number of amides is 1. The molecule has 0 aliphatic carbocycles. The molecule has 1 amide bonds. The molecule has 204 valence electrons. The molecular formula is C29H22Cl2F3N5O. The fraction of sp³-hybridized carbons (Fsp3) is 0.207. The first-order valence-corrected chi connectivity index (χ1v) is 13.3. The smallest absolute Gasteiger partial charge is 0.335 e. The van der Waals surface area contributed by atoms with Gasteiger partial charge in [0.15, 0.2) is 17.0 Å². The number of nitrogens with zero attached hydrogens (tertiary/aromatic N) is 5. The van der Waals surface area contributed by atoms with Gasteiger partial charge in [0.05, 0.1) is 5.69 Å². The number of halogens is 5. The minimum Gasteiger partial charge on any atom is -0.335 e. The average Bonchev–Trinajstić information content (AvgIpc) is 3.37. The van der Waals surface area contributed by atoms with Gasteiger partial charge < -0.3 is 4.90 Å². The lowest BCUT2D eigenvalue weighted by atomic mass is 10.0. The van der Waals surface area contributed by atoms with Crippen LogP contribution >= 0.6 is 23.2 Å². The molecule has 6 nitrogen and oxygen atoms in total. The van der Waals surface area contributed by atoms with Crippen molar-refractivity contribution in [3.05, 3.63) is 99.8 Å². The molecule has 0 unspecified atom stereocenters. The van der Waals surface area contributed by atoms with Crippen molar-refractivity contribution in [3.63, 3.8) is 0 Å². The molecule has 5 aromatic rings. The molecule has 0 saturated carbocycles. The highest BCUT2D eigenvalue weighted by Crippen LogP contribution is 2.33. The molecular weight excluding hydrogens is 562 g/mol. The summed E-state index contributed by atoms with van der Waals surface area (Å²) in [5.74, 6) is -0.435. The zero-order chi connectivity index (χ0) is 28.0. The van der Waals surface area contributed by atoms with Crippen LogP contribution in [0.5, 0.6) is 0 Å². The minimum absolute atomic E-state index is 0.0441. The van der Waals surface area contributed by atoms with E-state index in [9.17, 15) is 18.0 Å². The Labute approximate surface area is 237 Å². The van der Waals surface area contributed by atoms with Crippen LogP contribution in [0.2, 0.25) is 10.0 Å². The lowest BCUT2D eigenvalue weighted by Gasteiger charge is -2.34. The van der Waals surface area contributed by atoms with Gasteiger partial charge in [0.25, 0.3) is 5.91 Å². The van der Waals surface area contributed by atoms with Gasteiger partial charge in [-0.3, -0.25) is 9.69 Å². The summed E-state index contributed by atoms with van der Waals surface area (Å²) in [6, 6.07) is 20.6. The van der Waals surface area contributed by atoms with Crippen LogP contribution in [0.3, 0.4) is 0 Å². The zero-order valence-corrected chi connectivity index (χ0v) is 22.5. The molecule has 1 aliphatic heterocycles. The van der Waals surface area contributed by atoms with E-state index in [1.807, 2.05) is 36.4 Å². The molecule has 6 rings (SSSR count). The Morgan fingerprint density at radius 3 is 2.35 bits per heavy atom. The molecule has 0 radical (unpaired) electrons. The second-order valence-corrected chi connectivity index (χ2v) is 10.5. The van der Waals surface area contributed by atoms with Gasteiger partial charge in [-0.05, 0) is 40.6 Å². The molecule has 0 N–H and O–H groups in total. The Balaban J connectivity index is 1.25. The van der Waals surface area contributed by atoms with E-state index in [0.717, 1.165) is 22.4 Å². The number of hydrogen-bond donors (Lipinski definition) is 0. The van der Waals surface area contributed by atoms with Crippen LogP contribution < -0.4 is 0 Å². The number of rotatable bonds is 4. The van der Waals surface area contributed by atoms with Gasteiger partial charge in [-0.25, -0.2) is 9.50 Å². The first-order valence-electron chi connectivity index (χ1n) is 12.6. The predicted octanol–water partition coefficient (Wildman–Crippen LogP) is 6.83. The number of carbonyl (C=O) groups is 1. The maximum atomic E-state index is 14.1. The van der Waals surface area contributed by atoms with Gasteiger partial charge in [-0.1, -0.05) is 65.7 Å². The van der Waals surface area contributed by atoms with Gasteiger partial charge in [0.1, 0.15) is 0 Å². The fourth-order valence-corrected chi connectivity index (χ4v) is 5.41. The Bertz CT molecular complexity index is 1750. The van der Waals surface area contributed by atoms with Crippen molar-refractivity contribution < 1.29 is 18.0 Å². The van der Waals surface area contributed by atoms with E-state index >= 15 is 0 Å². The van der Waals surface area contributed by atoms with Crippen molar-refractivity contribution in [2.75, 3.05) is 26.2 Å². The largest absolute Gasteiger partial charge is 0.433 e. The third kappa shape index (κ3) is 5.24. The van der Waals surface area contributed by atoms with Crippen LogP contribution in [0.25, 0.3) is 27.7 Å². The summed E-state index contributed by atoms with van der Waals surface area (Å²) in [7, 11) is 0. The third-order valence-electron chi connectivity index (χ3n) is 7.05. The fourth-order valence-electron chi connectivity index (χ4n) is 4.94.